The molecule has 1 aromatic rings. The van der Waals surface area contributed by atoms with E-state index < -0.39 is 10.2 Å². The molecule has 16 heavy (non-hydrogen) atoms. The van der Waals surface area contributed by atoms with E-state index in [0.29, 0.717) is 19.6 Å². The van der Waals surface area contributed by atoms with Crippen LogP contribution < -0.4 is 4.72 Å². The fraction of sp³-hybridized carbons (Fsp3) is 0.400. The van der Waals surface area contributed by atoms with Crippen molar-refractivity contribution in [2.45, 2.75) is 11.4 Å². The van der Waals surface area contributed by atoms with E-state index in [1.54, 1.807) is 11.8 Å². The summed E-state index contributed by atoms with van der Waals surface area (Å²) >= 11 is 1.67. The first-order valence-corrected chi connectivity index (χ1v) is 7.66. The maximum atomic E-state index is 11.5. The van der Waals surface area contributed by atoms with E-state index in [1.807, 2.05) is 30.5 Å². The highest BCUT2D eigenvalue weighted by atomic mass is 32.2. The summed E-state index contributed by atoms with van der Waals surface area (Å²) in [5.41, 5.74) is 0.975. The second-order valence-corrected chi connectivity index (χ2v) is 6.21. The zero-order valence-corrected chi connectivity index (χ0v) is 10.6. The van der Waals surface area contributed by atoms with Crippen molar-refractivity contribution in [2.75, 3.05) is 19.3 Å². The first-order chi connectivity index (χ1) is 7.62. The first kappa shape index (κ1) is 11.9. The summed E-state index contributed by atoms with van der Waals surface area (Å²) in [4.78, 5) is 1.18. The molecule has 0 unspecified atom stereocenters. The van der Waals surface area contributed by atoms with Gasteiger partial charge < -0.3 is 0 Å². The van der Waals surface area contributed by atoms with Crippen LogP contribution in [0.4, 0.5) is 0 Å². The van der Waals surface area contributed by atoms with E-state index in [2.05, 4.69) is 4.72 Å². The summed E-state index contributed by atoms with van der Waals surface area (Å²) in [6.45, 7) is 1.63. The fourth-order valence-corrected chi connectivity index (χ4v) is 2.79. The van der Waals surface area contributed by atoms with Crippen LogP contribution in [0.1, 0.15) is 5.56 Å². The zero-order valence-electron chi connectivity index (χ0n) is 9.01. The minimum Gasteiger partial charge on any atom is -0.198 e. The Kier molecular flexibility index (Phi) is 3.53. The molecular formula is C10H14N2O2S2. The van der Waals surface area contributed by atoms with Crippen molar-refractivity contribution >= 4 is 22.0 Å². The van der Waals surface area contributed by atoms with Crippen molar-refractivity contribution in [2.24, 2.45) is 0 Å². The molecule has 0 aliphatic carbocycles. The highest BCUT2D eigenvalue weighted by Crippen LogP contribution is 2.15. The van der Waals surface area contributed by atoms with Gasteiger partial charge in [0.1, 0.15) is 0 Å². The molecule has 1 N–H and O–H groups in total. The molecule has 1 saturated heterocycles. The zero-order chi connectivity index (χ0) is 11.6. The average Bonchev–Trinajstić information content (AvgIpc) is 3.11. The molecular weight excluding hydrogens is 244 g/mol. The highest BCUT2D eigenvalue weighted by Gasteiger charge is 2.31. The van der Waals surface area contributed by atoms with Crippen LogP contribution in [-0.2, 0) is 16.8 Å². The number of nitrogens with one attached hydrogen (secondary N) is 1. The third-order valence-electron chi connectivity index (χ3n) is 2.36. The van der Waals surface area contributed by atoms with Crippen LogP contribution in [0.15, 0.2) is 29.2 Å². The van der Waals surface area contributed by atoms with Crippen LogP contribution in [0.3, 0.4) is 0 Å². The van der Waals surface area contributed by atoms with Crippen molar-refractivity contribution < 1.29 is 8.42 Å². The number of thioether (sulfide) groups is 1. The minimum atomic E-state index is -3.22. The molecule has 1 fully saturated rings. The molecule has 4 nitrogen and oxygen atoms in total. The largest absolute Gasteiger partial charge is 0.279 e. The van der Waals surface area contributed by atoms with Gasteiger partial charge in [0.2, 0.25) is 0 Å². The number of nitrogens with zero attached hydrogens (tertiary/aromatic N) is 1. The lowest BCUT2D eigenvalue weighted by atomic mass is 10.2. The molecule has 6 heteroatoms. The Bertz CT molecular complexity index is 452. The average molecular weight is 258 g/mol. The normalized spacial score (nSPS) is 16.3. The molecule has 1 aromatic carbocycles. The number of hydrogen-bond donors (Lipinski definition) is 1. The van der Waals surface area contributed by atoms with Crippen LogP contribution in [0.5, 0.6) is 0 Å². The van der Waals surface area contributed by atoms with Gasteiger partial charge in [-0.1, -0.05) is 12.1 Å². The molecule has 0 spiro atoms. The third kappa shape index (κ3) is 2.98. The van der Waals surface area contributed by atoms with Gasteiger partial charge >= 0.3 is 0 Å². The number of hydrogen-bond acceptors (Lipinski definition) is 3. The lowest BCUT2D eigenvalue weighted by Crippen LogP contribution is -2.29. The summed E-state index contributed by atoms with van der Waals surface area (Å²) in [6.07, 6.45) is 2.01. The standard InChI is InChI=1S/C10H14N2O2S2/c1-15-10-4-2-9(3-5-10)8-11-16(13,14)12-6-7-12/h2-5,11H,6-8H2,1H3. The van der Waals surface area contributed by atoms with Crippen LogP contribution in [0.2, 0.25) is 0 Å². The Morgan fingerprint density at radius 1 is 1.31 bits per heavy atom. The predicted molar refractivity (Wildman–Crippen MR) is 65.6 cm³/mol. The Morgan fingerprint density at radius 3 is 2.44 bits per heavy atom. The summed E-state index contributed by atoms with van der Waals surface area (Å²) in [5.74, 6) is 0. The molecule has 1 aliphatic heterocycles. The predicted octanol–water partition coefficient (Wildman–Crippen LogP) is 1.06. The summed E-state index contributed by atoms with van der Waals surface area (Å²) in [5, 5.41) is 0. The van der Waals surface area contributed by atoms with Crippen molar-refractivity contribution in [3.05, 3.63) is 29.8 Å². The van der Waals surface area contributed by atoms with Gasteiger partial charge in [-0.25, -0.2) is 0 Å². The lowest BCUT2D eigenvalue weighted by molar-refractivity contribution is 0.546. The van der Waals surface area contributed by atoms with Gasteiger partial charge in [0, 0.05) is 24.5 Å². The maximum Gasteiger partial charge on any atom is 0.279 e. The summed E-state index contributed by atoms with van der Waals surface area (Å²) in [7, 11) is -3.22. The van der Waals surface area contributed by atoms with Crippen LogP contribution >= 0.6 is 11.8 Å². The molecule has 0 amide bonds. The highest BCUT2D eigenvalue weighted by molar-refractivity contribution is 7.98. The Hall–Kier alpha value is -0.560. The number of benzene rings is 1. The van der Waals surface area contributed by atoms with E-state index in [1.165, 1.54) is 9.20 Å². The molecule has 0 aromatic heterocycles. The second-order valence-electron chi connectivity index (χ2n) is 3.57. The third-order valence-corrected chi connectivity index (χ3v) is 4.66. The van der Waals surface area contributed by atoms with Crippen LogP contribution in [0, 0.1) is 0 Å². The monoisotopic (exact) mass is 258 g/mol. The maximum absolute atomic E-state index is 11.5. The van der Waals surface area contributed by atoms with Gasteiger partial charge in [-0.2, -0.15) is 17.4 Å². The number of rotatable bonds is 5. The molecule has 0 atom stereocenters. The molecule has 1 heterocycles. The smallest absolute Gasteiger partial charge is 0.198 e. The van der Waals surface area contributed by atoms with Gasteiger partial charge in [0.25, 0.3) is 10.2 Å². The Morgan fingerprint density at radius 2 is 1.94 bits per heavy atom. The van der Waals surface area contributed by atoms with E-state index in [0.717, 1.165) is 5.56 Å². The minimum absolute atomic E-state index is 0.355. The lowest BCUT2D eigenvalue weighted by Gasteiger charge is -2.06. The van der Waals surface area contributed by atoms with Gasteiger partial charge in [-0.15, -0.1) is 11.8 Å². The van der Waals surface area contributed by atoms with Gasteiger partial charge in [-0.3, -0.25) is 0 Å². The van der Waals surface area contributed by atoms with E-state index in [9.17, 15) is 8.42 Å². The van der Waals surface area contributed by atoms with Crippen molar-refractivity contribution in [1.82, 2.24) is 9.03 Å². The van der Waals surface area contributed by atoms with Crippen LogP contribution in [0.25, 0.3) is 0 Å². The molecule has 2 rings (SSSR count). The van der Waals surface area contributed by atoms with Gasteiger partial charge in [-0.05, 0) is 24.0 Å². The van der Waals surface area contributed by atoms with Gasteiger partial charge in [0.05, 0.1) is 0 Å². The Balaban J connectivity index is 1.94. The second kappa shape index (κ2) is 4.75. The van der Waals surface area contributed by atoms with Crippen molar-refractivity contribution in [3.63, 3.8) is 0 Å². The van der Waals surface area contributed by atoms with E-state index in [4.69, 9.17) is 0 Å². The summed E-state index contributed by atoms with van der Waals surface area (Å²) < 4.78 is 27.0. The van der Waals surface area contributed by atoms with E-state index in [-0.39, 0.29) is 0 Å². The van der Waals surface area contributed by atoms with E-state index >= 15 is 0 Å². The quantitative estimate of drug-likeness (QED) is 0.634. The molecule has 88 valence electrons. The fourth-order valence-electron chi connectivity index (χ4n) is 1.29. The molecule has 1 aliphatic rings. The summed E-state index contributed by atoms with van der Waals surface area (Å²) in [6, 6.07) is 7.87. The van der Waals surface area contributed by atoms with Crippen molar-refractivity contribution in [1.29, 1.82) is 0 Å². The Labute approximate surface area is 100 Å². The topological polar surface area (TPSA) is 49.2 Å². The van der Waals surface area contributed by atoms with Crippen molar-refractivity contribution in [3.8, 4) is 0 Å². The van der Waals surface area contributed by atoms with Gasteiger partial charge in [0.15, 0.2) is 0 Å². The first-order valence-electron chi connectivity index (χ1n) is 4.99. The molecule has 0 saturated carbocycles. The molecule has 0 radical (unpaired) electrons. The molecule has 0 bridgehead atoms. The SMILES string of the molecule is CSc1ccc(CNS(=O)(=O)N2CC2)cc1. The van der Waals surface area contributed by atoms with Crippen LogP contribution in [-0.4, -0.2) is 32.1 Å².